The molecule has 1 aliphatic carbocycles. The molecule has 0 spiro atoms. The smallest absolute Gasteiger partial charge is 0.406 e. The molecular weight excluding hydrogens is 519 g/mol. The van der Waals surface area contributed by atoms with Crippen molar-refractivity contribution in [2.75, 3.05) is 11.9 Å². The maximum absolute atomic E-state index is 13.1. The molecular formula is C27H34F3N3O4S. The lowest BCUT2D eigenvalue weighted by Gasteiger charge is -2.29. The molecule has 0 saturated heterocycles. The largest absolute Gasteiger partial charge is 0.573 e. The van der Waals surface area contributed by atoms with Crippen LogP contribution in [0.1, 0.15) is 57.6 Å². The van der Waals surface area contributed by atoms with Crippen LogP contribution in [-0.4, -0.2) is 35.8 Å². The average Bonchev–Trinajstić information content (AvgIpc) is 3.26. The number of rotatable bonds is 9. The quantitative estimate of drug-likeness (QED) is 0.193. The van der Waals surface area contributed by atoms with Crippen molar-refractivity contribution in [2.45, 2.75) is 76.6 Å². The lowest BCUT2D eigenvalue weighted by molar-refractivity contribution is -0.274. The van der Waals surface area contributed by atoms with Crippen molar-refractivity contribution in [1.29, 1.82) is 0 Å². The van der Waals surface area contributed by atoms with Gasteiger partial charge in [0, 0.05) is 34.3 Å². The Balaban J connectivity index is 0.000000638. The number of hydrogen-bond acceptors (Lipinski definition) is 5. The van der Waals surface area contributed by atoms with Crippen LogP contribution in [0.25, 0.3) is 0 Å². The molecule has 0 bridgehead atoms. The standard InChI is InChI=1S/C23H27F3N2O2S.C4H7NO2/c1-2-3-4-5-12-28(19-13-16-6-11-21(31)15-17(16)14-19)22(29)27-18-7-9-20(10-8-18)30-23(24,25)26;1-3(2)4(6)5-7/h6-11,15,19,31H,2-5,12-14H2,1H3,(H,27,29);3H,1-2H3. The molecule has 0 fully saturated rings. The van der Waals surface area contributed by atoms with E-state index in [-0.39, 0.29) is 23.7 Å². The van der Waals surface area contributed by atoms with Crippen molar-refractivity contribution in [3.63, 3.8) is 0 Å². The van der Waals surface area contributed by atoms with E-state index >= 15 is 0 Å². The molecule has 1 aliphatic rings. The fourth-order valence-electron chi connectivity index (χ4n) is 4.00. The summed E-state index contributed by atoms with van der Waals surface area (Å²) in [5.74, 6) is -1.16. The number of unbranched alkanes of at least 4 members (excludes halogenated alkanes) is 3. The van der Waals surface area contributed by atoms with Crippen molar-refractivity contribution >= 4 is 30.3 Å². The zero-order valence-electron chi connectivity index (χ0n) is 21.8. The maximum atomic E-state index is 13.1. The minimum atomic E-state index is -4.75. The zero-order valence-corrected chi connectivity index (χ0v) is 22.6. The van der Waals surface area contributed by atoms with Crippen LogP contribution in [-0.2, 0) is 17.6 Å². The summed E-state index contributed by atoms with van der Waals surface area (Å²) in [7, 11) is 0. The second-order valence-corrected chi connectivity index (χ2v) is 9.87. The Hall–Kier alpha value is -3.08. The molecule has 7 nitrogen and oxygen atoms in total. The third-order valence-electron chi connectivity index (χ3n) is 5.98. The van der Waals surface area contributed by atoms with E-state index in [4.69, 9.17) is 0 Å². The molecule has 11 heteroatoms. The van der Waals surface area contributed by atoms with Crippen LogP contribution in [0.4, 0.5) is 23.7 Å². The van der Waals surface area contributed by atoms with Gasteiger partial charge >= 0.3 is 12.4 Å². The molecule has 1 N–H and O–H groups in total. The predicted molar refractivity (Wildman–Crippen MR) is 144 cm³/mol. The van der Waals surface area contributed by atoms with E-state index in [1.54, 1.807) is 13.8 Å². The van der Waals surface area contributed by atoms with Gasteiger partial charge in [-0.3, -0.25) is 4.79 Å². The summed E-state index contributed by atoms with van der Waals surface area (Å²) >= 11 is 4.41. The minimum absolute atomic E-state index is 0.0413. The summed E-state index contributed by atoms with van der Waals surface area (Å²) in [5.41, 5.74) is 2.85. The first-order valence-electron chi connectivity index (χ1n) is 12.5. The van der Waals surface area contributed by atoms with Crippen LogP contribution in [0.5, 0.6) is 5.75 Å². The molecule has 0 radical (unpaired) electrons. The highest BCUT2D eigenvalue weighted by atomic mass is 32.1. The van der Waals surface area contributed by atoms with Crippen LogP contribution in [0, 0.1) is 10.8 Å². The number of urea groups is 1. The zero-order chi connectivity index (χ0) is 28.3. The number of nitroso groups, excluding NO2 is 1. The van der Waals surface area contributed by atoms with Gasteiger partial charge < -0.3 is 15.0 Å². The summed E-state index contributed by atoms with van der Waals surface area (Å²) in [6, 6.07) is 11.1. The number of nitrogens with zero attached hydrogens (tertiary/aromatic N) is 2. The summed E-state index contributed by atoms with van der Waals surface area (Å²) in [5, 5.41) is 5.02. The molecule has 1 unspecified atom stereocenters. The van der Waals surface area contributed by atoms with E-state index in [0.717, 1.165) is 43.4 Å². The predicted octanol–water partition coefficient (Wildman–Crippen LogP) is 7.39. The Labute approximate surface area is 226 Å². The van der Waals surface area contributed by atoms with Crippen molar-refractivity contribution in [3.05, 3.63) is 58.5 Å². The van der Waals surface area contributed by atoms with Crippen molar-refractivity contribution in [2.24, 2.45) is 11.1 Å². The second-order valence-electron chi connectivity index (χ2n) is 9.36. The lowest BCUT2D eigenvalue weighted by Crippen LogP contribution is -2.44. The summed E-state index contributed by atoms with van der Waals surface area (Å²) < 4.78 is 40.9. The van der Waals surface area contributed by atoms with Gasteiger partial charge in [0.1, 0.15) is 5.75 Å². The highest BCUT2D eigenvalue weighted by Gasteiger charge is 2.32. The molecule has 1 atom stereocenters. The topological polar surface area (TPSA) is 88.1 Å². The number of benzene rings is 2. The number of hydrogen-bond donors (Lipinski definition) is 2. The number of thiol groups is 1. The monoisotopic (exact) mass is 553 g/mol. The Morgan fingerprint density at radius 3 is 2.29 bits per heavy atom. The van der Waals surface area contributed by atoms with E-state index in [9.17, 15) is 27.7 Å². The Kier molecular flexibility index (Phi) is 12.1. The Morgan fingerprint density at radius 2 is 1.74 bits per heavy atom. The molecule has 3 amide bonds. The van der Waals surface area contributed by atoms with Crippen LogP contribution >= 0.6 is 12.6 Å². The van der Waals surface area contributed by atoms with E-state index < -0.39 is 12.3 Å². The van der Waals surface area contributed by atoms with Crippen LogP contribution in [0.3, 0.4) is 0 Å². The summed E-state index contributed by atoms with van der Waals surface area (Å²) in [6.45, 7) is 6.03. The van der Waals surface area contributed by atoms with Gasteiger partial charge in [0.15, 0.2) is 0 Å². The third-order valence-corrected chi connectivity index (χ3v) is 6.26. The number of amides is 3. The lowest BCUT2D eigenvalue weighted by atomic mass is 10.1. The number of alkyl halides is 3. The van der Waals surface area contributed by atoms with Gasteiger partial charge in [0.25, 0.3) is 5.91 Å². The van der Waals surface area contributed by atoms with Gasteiger partial charge in [-0.1, -0.05) is 46.1 Å². The molecule has 38 heavy (non-hydrogen) atoms. The number of fused-ring (bicyclic) bond motifs is 1. The highest BCUT2D eigenvalue weighted by Crippen LogP contribution is 2.29. The van der Waals surface area contributed by atoms with Gasteiger partial charge in [-0.15, -0.1) is 30.7 Å². The van der Waals surface area contributed by atoms with Gasteiger partial charge in [-0.2, -0.15) is 0 Å². The van der Waals surface area contributed by atoms with E-state index in [2.05, 4.69) is 40.8 Å². The summed E-state index contributed by atoms with van der Waals surface area (Å²) in [6.07, 6.45) is 0.979. The van der Waals surface area contributed by atoms with Gasteiger partial charge in [0.05, 0.1) is 0 Å². The Bertz CT molecular complexity index is 1080. The number of anilines is 1. The fourth-order valence-corrected chi connectivity index (χ4v) is 4.23. The first-order chi connectivity index (χ1) is 17.9. The van der Waals surface area contributed by atoms with Crippen molar-refractivity contribution in [1.82, 2.24) is 4.90 Å². The summed E-state index contributed by atoms with van der Waals surface area (Å²) in [4.78, 5) is 35.2. The number of halogens is 3. The van der Waals surface area contributed by atoms with Gasteiger partial charge in [-0.25, -0.2) is 4.79 Å². The molecule has 2 aromatic carbocycles. The molecule has 0 aliphatic heterocycles. The second kappa shape index (κ2) is 14.8. The molecule has 0 saturated carbocycles. The van der Waals surface area contributed by atoms with E-state index in [1.165, 1.54) is 35.4 Å². The van der Waals surface area contributed by atoms with E-state index in [1.807, 2.05) is 17.0 Å². The van der Waals surface area contributed by atoms with Crippen LogP contribution < -0.4 is 10.1 Å². The molecule has 208 valence electrons. The highest BCUT2D eigenvalue weighted by molar-refractivity contribution is 7.80. The molecule has 2 aromatic rings. The number of carbonyl (C=O) groups excluding carboxylic acids is 2. The van der Waals surface area contributed by atoms with Crippen LogP contribution in [0.15, 0.2) is 52.5 Å². The minimum Gasteiger partial charge on any atom is -0.406 e. The molecule has 0 aromatic heterocycles. The molecule has 3 rings (SSSR count). The first kappa shape index (κ1) is 31.1. The van der Waals surface area contributed by atoms with Gasteiger partial charge in [0.2, 0.25) is 0 Å². The number of carbonyl (C=O) groups is 2. The number of nitrogens with one attached hydrogen (secondary N) is 1. The fraction of sp³-hybridized carbons (Fsp3) is 0.481. The van der Waals surface area contributed by atoms with Crippen molar-refractivity contribution < 1.29 is 27.5 Å². The molecule has 0 heterocycles. The Morgan fingerprint density at radius 1 is 1.08 bits per heavy atom. The first-order valence-corrected chi connectivity index (χ1v) is 13.0. The van der Waals surface area contributed by atoms with Crippen LogP contribution in [0.2, 0.25) is 0 Å². The van der Waals surface area contributed by atoms with Crippen molar-refractivity contribution in [3.8, 4) is 5.75 Å². The normalized spacial score (nSPS) is 14.3. The SMILES string of the molecule is CC(C)C(=O)N=O.CCCCCCN(C(=O)Nc1ccc(OC(F)(F)F)cc1)C1Cc2ccc(S)cc2C1. The maximum Gasteiger partial charge on any atom is 0.573 e. The van der Waals surface area contributed by atoms with E-state index in [0.29, 0.717) is 12.2 Å². The number of ether oxygens (including phenoxy) is 1. The average molecular weight is 554 g/mol. The third kappa shape index (κ3) is 10.4. The van der Waals surface area contributed by atoms with Gasteiger partial charge in [-0.05, 0) is 66.8 Å².